The molecule has 2 N–H and O–H groups in total. The van der Waals surface area contributed by atoms with Gasteiger partial charge in [0.2, 0.25) is 11.8 Å². The third kappa shape index (κ3) is 7.93. The van der Waals surface area contributed by atoms with E-state index in [1.165, 1.54) is 6.92 Å². The van der Waals surface area contributed by atoms with Gasteiger partial charge in [-0.1, -0.05) is 28.1 Å². The molecule has 0 fully saturated rings. The monoisotopic (exact) mass is 368 g/mol. The van der Waals surface area contributed by atoms with E-state index in [9.17, 15) is 14.4 Å². The van der Waals surface area contributed by atoms with Gasteiger partial charge in [-0.3, -0.25) is 14.4 Å². The summed E-state index contributed by atoms with van der Waals surface area (Å²) in [4.78, 5) is 34.1. The normalized spacial score (nSPS) is 10.1. The van der Waals surface area contributed by atoms with Crippen molar-refractivity contribution in [2.75, 3.05) is 13.1 Å². The first kappa shape index (κ1) is 18.4. The minimum absolute atomic E-state index is 0.0472. The van der Waals surface area contributed by atoms with Crippen LogP contribution in [-0.2, 0) is 9.59 Å². The molecule has 0 radical (unpaired) electrons. The minimum Gasteiger partial charge on any atom is -0.356 e. The van der Waals surface area contributed by atoms with Gasteiger partial charge in [0.15, 0.2) is 5.78 Å². The molecule has 1 aromatic rings. The topological polar surface area (TPSA) is 75.3 Å². The summed E-state index contributed by atoms with van der Waals surface area (Å²) in [5, 5.41) is 5.43. The van der Waals surface area contributed by atoms with E-state index in [1.807, 2.05) is 12.1 Å². The summed E-state index contributed by atoms with van der Waals surface area (Å²) in [5.41, 5.74) is 0.666. The van der Waals surface area contributed by atoms with Crippen LogP contribution in [0.2, 0.25) is 0 Å². The highest BCUT2D eigenvalue weighted by Crippen LogP contribution is 2.13. The van der Waals surface area contributed by atoms with Crippen LogP contribution in [-0.4, -0.2) is 30.7 Å². The van der Waals surface area contributed by atoms with Crippen LogP contribution in [0, 0.1) is 0 Å². The molecule has 2 amide bonds. The van der Waals surface area contributed by atoms with Crippen molar-refractivity contribution in [2.24, 2.45) is 0 Å². The number of nitrogens with one attached hydrogen (secondary N) is 2. The number of halogens is 1. The van der Waals surface area contributed by atoms with Gasteiger partial charge in [-0.25, -0.2) is 0 Å². The van der Waals surface area contributed by atoms with Crippen molar-refractivity contribution < 1.29 is 14.4 Å². The molecule has 6 heteroatoms. The Morgan fingerprint density at radius 2 is 1.59 bits per heavy atom. The van der Waals surface area contributed by atoms with Crippen LogP contribution in [0.25, 0.3) is 0 Å². The van der Waals surface area contributed by atoms with Gasteiger partial charge in [-0.15, -0.1) is 0 Å². The number of carbonyl (C=O) groups is 3. The van der Waals surface area contributed by atoms with Gasteiger partial charge < -0.3 is 10.6 Å². The van der Waals surface area contributed by atoms with Gasteiger partial charge in [-0.05, 0) is 25.0 Å². The highest BCUT2D eigenvalue weighted by atomic mass is 79.9. The molecule has 22 heavy (non-hydrogen) atoms. The summed E-state index contributed by atoms with van der Waals surface area (Å²) in [6.45, 7) is 2.54. The molecule has 0 bridgehead atoms. The maximum Gasteiger partial charge on any atom is 0.220 e. The van der Waals surface area contributed by atoms with E-state index in [0.29, 0.717) is 44.3 Å². The second kappa shape index (κ2) is 10.1. The first-order valence-corrected chi connectivity index (χ1v) is 8.08. The molecule has 120 valence electrons. The smallest absolute Gasteiger partial charge is 0.220 e. The molecule has 0 atom stereocenters. The Morgan fingerprint density at radius 3 is 2.23 bits per heavy atom. The lowest BCUT2D eigenvalue weighted by molar-refractivity contribution is -0.121. The number of benzene rings is 1. The quantitative estimate of drug-likeness (QED) is 0.519. The van der Waals surface area contributed by atoms with Crippen LogP contribution in [0.4, 0.5) is 0 Å². The third-order valence-corrected chi connectivity index (χ3v) is 3.55. The Bertz CT molecular complexity index is 515. The Kier molecular flexibility index (Phi) is 8.43. The van der Waals surface area contributed by atoms with Crippen molar-refractivity contribution in [2.45, 2.75) is 32.6 Å². The van der Waals surface area contributed by atoms with Crippen molar-refractivity contribution >= 4 is 33.5 Å². The third-order valence-electron chi connectivity index (χ3n) is 3.02. The molecule has 0 unspecified atom stereocenters. The summed E-state index contributed by atoms with van der Waals surface area (Å²) in [6, 6.07) is 7.20. The van der Waals surface area contributed by atoms with E-state index in [2.05, 4.69) is 26.6 Å². The molecule has 0 spiro atoms. The van der Waals surface area contributed by atoms with E-state index in [0.717, 1.165) is 4.47 Å². The van der Waals surface area contributed by atoms with Gasteiger partial charge >= 0.3 is 0 Å². The van der Waals surface area contributed by atoms with E-state index in [4.69, 9.17) is 0 Å². The molecule has 0 heterocycles. The van der Waals surface area contributed by atoms with Crippen molar-refractivity contribution in [3.8, 4) is 0 Å². The molecule has 1 aromatic carbocycles. The fraction of sp³-hybridized carbons (Fsp3) is 0.438. The van der Waals surface area contributed by atoms with E-state index >= 15 is 0 Å². The molecule has 0 aromatic heterocycles. The molecule has 0 saturated carbocycles. The van der Waals surface area contributed by atoms with Crippen LogP contribution in [0.1, 0.15) is 43.0 Å². The van der Waals surface area contributed by atoms with Gasteiger partial charge in [0, 0.05) is 42.9 Å². The van der Waals surface area contributed by atoms with Gasteiger partial charge in [0.05, 0.1) is 0 Å². The van der Waals surface area contributed by atoms with Crippen molar-refractivity contribution in [1.82, 2.24) is 10.6 Å². The summed E-state index contributed by atoms with van der Waals surface area (Å²) < 4.78 is 0.933. The minimum atomic E-state index is -0.0715. The molecule has 0 aliphatic heterocycles. The Morgan fingerprint density at radius 1 is 0.955 bits per heavy atom. The second-order valence-electron chi connectivity index (χ2n) is 4.97. The van der Waals surface area contributed by atoms with Crippen molar-refractivity contribution in [1.29, 1.82) is 0 Å². The maximum atomic E-state index is 11.9. The van der Waals surface area contributed by atoms with Gasteiger partial charge in [-0.2, -0.15) is 0 Å². The molecular weight excluding hydrogens is 348 g/mol. The van der Waals surface area contributed by atoms with Crippen molar-refractivity contribution in [3.05, 3.63) is 34.3 Å². The zero-order chi connectivity index (χ0) is 16.4. The zero-order valence-corrected chi connectivity index (χ0v) is 14.2. The number of rotatable bonds is 9. The number of amides is 2. The Balaban J connectivity index is 2.13. The fourth-order valence-electron chi connectivity index (χ4n) is 1.86. The lowest BCUT2D eigenvalue weighted by atomic mass is 10.1. The molecule has 0 aliphatic rings. The summed E-state index contributed by atoms with van der Waals surface area (Å²) in [6.07, 6.45) is 1.93. The lowest BCUT2D eigenvalue weighted by Crippen LogP contribution is -2.28. The first-order chi connectivity index (χ1) is 10.5. The highest BCUT2D eigenvalue weighted by Gasteiger charge is 2.07. The van der Waals surface area contributed by atoms with Crippen LogP contribution in [0.3, 0.4) is 0 Å². The molecule has 5 nitrogen and oxygen atoms in total. The standard InChI is InChI=1S/C16H21BrN2O3/c1-12(20)18-10-3-11-19-16(22)5-2-4-15(21)13-6-8-14(17)9-7-13/h6-9H,2-5,10-11H2,1H3,(H,18,20)(H,19,22). The number of hydrogen-bond donors (Lipinski definition) is 2. The SMILES string of the molecule is CC(=O)NCCCNC(=O)CCCC(=O)c1ccc(Br)cc1. The number of hydrogen-bond acceptors (Lipinski definition) is 3. The summed E-state index contributed by atoms with van der Waals surface area (Å²) in [7, 11) is 0. The highest BCUT2D eigenvalue weighted by molar-refractivity contribution is 9.10. The van der Waals surface area contributed by atoms with Gasteiger partial charge in [0.1, 0.15) is 0 Å². The van der Waals surface area contributed by atoms with Crippen LogP contribution < -0.4 is 10.6 Å². The molecule has 0 saturated heterocycles. The number of Topliss-reactive ketones (excluding diaryl/α,β-unsaturated/α-hetero) is 1. The molecular formula is C16H21BrN2O3. The van der Waals surface area contributed by atoms with Crippen LogP contribution in [0.15, 0.2) is 28.7 Å². The average molecular weight is 369 g/mol. The Labute approximate surface area is 139 Å². The Hall–Kier alpha value is -1.69. The summed E-state index contributed by atoms with van der Waals surface area (Å²) in [5.74, 6) is -0.0878. The van der Waals surface area contributed by atoms with Crippen LogP contribution >= 0.6 is 15.9 Å². The zero-order valence-electron chi connectivity index (χ0n) is 12.7. The number of ketones is 1. The van der Waals surface area contributed by atoms with Crippen molar-refractivity contribution in [3.63, 3.8) is 0 Å². The lowest BCUT2D eigenvalue weighted by Gasteiger charge is -2.05. The first-order valence-electron chi connectivity index (χ1n) is 7.29. The van der Waals surface area contributed by atoms with Gasteiger partial charge in [0.25, 0.3) is 0 Å². The molecule has 1 rings (SSSR count). The maximum absolute atomic E-state index is 11.9. The predicted molar refractivity (Wildman–Crippen MR) is 88.6 cm³/mol. The number of carbonyl (C=O) groups excluding carboxylic acids is 3. The average Bonchev–Trinajstić information content (AvgIpc) is 2.47. The van der Waals surface area contributed by atoms with E-state index in [-0.39, 0.29) is 17.6 Å². The van der Waals surface area contributed by atoms with E-state index < -0.39 is 0 Å². The second-order valence-corrected chi connectivity index (χ2v) is 5.89. The molecule has 0 aliphatic carbocycles. The predicted octanol–water partition coefficient (Wildman–Crippen LogP) is 2.44. The summed E-state index contributed by atoms with van der Waals surface area (Å²) >= 11 is 3.32. The fourth-order valence-corrected chi connectivity index (χ4v) is 2.12. The largest absolute Gasteiger partial charge is 0.356 e. The van der Waals surface area contributed by atoms with Crippen LogP contribution in [0.5, 0.6) is 0 Å². The van der Waals surface area contributed by atoms with E-state index in [1.54, 1.807) is 12.1 Å².